The molecule has 13 aromatic rings. The zero-order valence-electron chi connectivity index (χ0n) is 33.0. The minimum atomic E-state index is 0.658. The summed E-state index contributed by atoms with van der Waals surface area (Å²) in [7, 11) is 0. The highest BCUT2D eigenvalue weighted by molar-refractivity contribution is 6.38. The third kappa shape index (κ3) is 4.96. The Hall–Kier alpha value is -8.25. The van der Waals surface area contributed by atoms with Gasteiger partial charge in [-0.1, -0.05) is 164 Å². The molecule has 0 saturated carbocycles. The van der Waals surface area contributed by atoms with Gasteiger partial charge in [0.2, 0.25) is 0 Å². The normalized spacial score (nSPS) is 11.9. The second kappa shape index (κ2) is 12.9. The molecule has 0 aliphatic carbocycles. The lowest BCUT2D eigenvalue weighted by molar-refractivity contribution is 1.19. The van der Waals surface area contributed by atoms with Crippen LogP contribution in [0.3, 0.4) is 0 Å². The molecular formula is C59H34N2. The number of nitrogens with zero attached hydrogens (tertiary/aromatic N) is 2. The molecule has 0 aliphatic rings. The number of aromatic nitrogens is 1. The molecule has 0 saturated heterocycles. The minimum absolute atomic E-state index is 0.658. The van der Waals surface area contributed by atoms with Crippen LogP contribution in [0.2, 0.25) is 0 Å². The van der Waals surface area contributed by atoms with E-state index in [9.17, 15) is 0 Å². The van der Waals surface area contributed by atoms with Gasteiger partial charge in [0.05, 0.1) is 17.6 Å². The molecule has 0 radical (unpaired) electrons. The smallest absolute Gasteiger partial charge is 0.187 e. The van der Waals surface area contributed by atoms with Crippen molar-refractivity contribution in [1.82, 2.24) is 4.57 Å². The van der Waals surface area contributed by atoms with Crippen molar-refractivity contribution in [3.63, 3.8) is 0 Å². The molecule has 280 valence electrons. The average molecular weight is 771 g/mol. The lowest BCUT2D eigenvalue weighted by atomic mass is 9.89. The van der Waals surface area contributed by atoms with Gasteiger partial charge in [0.1, 0.15) is 0 Å². The highest BCUT2D eigenvalue weighted by Gasteiger charge is 2.22. The van der Waals surface area contributed by atoms with Crippen molar-refractivity contribution in [2.45, 2.75) is 0 Å². The average Bonchev–Trinajstić information content (AvgIpc) is 3.67. The first kappa shape index (κ1) is 33.7. The van der Waals surface area contributed by atoms with E-state index in [2.05, 4.69) is 191 Å². The summed E-state index contributed by atoms with van der Waals surface area (Å²) in [5, 5.41) is 20.1. The van der Waals surface area contributed by atoms with Gasteiger partial charge >= 0.3 is 0 Å². The summed E-state index contributed by atoms with van der Waals surface area (Å²) in [5.74, 6) is 0. The summed E-state index contributed by atoms with van der Waals surface area (Å²) < 4.78 is 2.52. The molecule has 0 fully saturated rings. The third-order valence-corrected chi connectivity index (χ3v) is 13.1. The molecule has 12 aromatic carbocycles. The number of hydrogen-bond donors (Lipinski definition) is 0. The van der Waals surface area contributed by atoms with Crippen molar-refractivity contribution in [1.29, 1.82) is 0 Å². The molecule has 0 atom stereocenters. The zero-order valence-corrected chi connectivity index (χ0v) is 33.0. The Morgan fingerprint density at radius 2 is 0.820 bits per heavy atom. The third-order valence-electron chi connectivity index (χ3n) is 13.1. The van der Waals surface area contributed by atoms with Crippen molar-refractivity contribution in [3.8, 4) is 27.9 Å². The van der Waals surface area contributed by atoms with Crippen LogP contribution in [-0.2, 0) is 0 Å². The highest BCUT2D eigenvalue weighted by atomic mass is 15.0. The Morgan fingerprint density at radius 1 is 0.311 bits per heavy atom. The van der Waals surface area contributed by atoms with Gasteiger partial charge in [0.15, 0.2) is 5.69 Å². The minimum Gasteiger partial charge on any atom is -0.309 e. The molecule has 2 nitrogen and oxygen atoms in total. The standard InChI is InChI=1S/C59H34N2/c1-60-43-27-23-36(24-28-43)38-19-20-40-32-41(22-21-39(40)31-38)42-26-29-49-52(33-42)46-15-7-8-16-47(46)53-34-55-56(35-54(49)53)61(44-12-3-2-4-13-44)59-51-18-10-9-17-48(51)50-30-25-37-11-5-6-14-45(37)57(50)58(55)59/h2-35H. The van der Waals surface area contributed by atoms with Crippen LogP contribution in [0.1, 0.15) is 0 Å². The van der Waals surface area contributed by atoms with Gasteiger partial charge in [-0.3, -0.25) is 0 Å². The summed E-state index contributed by atoms with van der Waals surface area (Å²) >= 11 is 0. The number of rotatable bonds is 3. The van der Waals surface area contributed by atoms with Gasteiger partial charge < -0.3 is 4.57 Å². The van der Waals surface area contributed by atoms with Crippen LogP contribution in [0.5, 0.6) is 0 Å². The molecule has 0 unspecified atom stereocenters. The summed E-state index contributed by atoms with van der Waals surface area (Å²) in [6.45, 7) is 7.31. The summed E-state index contributed by atoms with van der Waals surface area (Å²) in [5.41, 5.74) is 8.91. The lowest BCUT2D eigenvalue weighted by Gasteiger charge is -2.14. The summed E-state index contributed by atoms with van der Waals surface area (Å²) in [6, 6.07) is 75.6. The SMILES string of the molecule is [C-]#[N+]c1ccc(-c2ccc3cc(-c4ccc5c(c4)c4ccccc4c4cc6c7c8c9ccccc9ccc8c8ccccc8c7n(-c7ccccc7)c6cc54)ccc3c2)cc1. The van der Waals surface area contributed by atoms with E-state index in [1.807, 2.05) is 24.3 Å². The van der Waals surface area contributed by atoms with Crippen LogP contribution in [0.15, 0.2) is 206 Å². The Kier molecular flexibility index (Phi) is 7.11. The molecule has 2 heteroatoms. The molecule has 61 heavy (non-hydrogen) atoms. The van der Waals surface area contributed by atoms with Gasteiger partial charge in [-0.25, -0.2) is 4.85 Å². The maximum atomic E-state index is 7.31. The van der Waals surface area contributed by atoms with Crippen LogP contribution in [-0.4, -0.2) is 4.57 Å². The van der Waals surface area contributed by atoms with Crippen molar-refractivity contribution >= 4 is 103 Å². The lowest BCUT2D eigenvalue weighted by Crippen LogP contribution is -1.95. The van der Waals surface area contributed by atoms with Crippen LogP contribution in [0.25, 0.3) is 130 Å². The molecule has 0 aliphatic heterocycles. The van der Waals surface area contributed by atoms with E-state index in [4.69, 9.17) is 6.57 Å². The first-order valence-electron chi connectivity index (χ1n) is 20.9. The predicted octanol–water partition coefficient (Wildman–Crippen LogP) is 16.7. The van der Waals surface area contributed by atoms with E-state index >= 15 is 0 Å². The molecule has 0 N–H and O–H groups in total. The van der Waals surface area contributed by atoms with Crippen molar-refractivity contribution < 1.29 is 0 Å². The van der Waals surface area contributed by atoms with Gasteiger partial charge in [0.25, 0.3) is 0 Å². The maximum Gasteiger partial charge on any atom is 0.187 e. The van der Waals surface area contributed by atoms with Gasteiger partial charge in [-0.05, 0) is 129 Å². The second-order valence-electron chi connectivity index (χ2n) is 16.3. The topological polar surface area (TPSA) is 9.29 Å². The van der Waals surface area contributed by atoms with Crippen LogP contribution in [0, 0.1) is 6.57 Å². The number of para-hydroxylation sites is 1. The molecule has 1 aromatic heterocycles. The van der Waals surface area contributed by atoms with Gasteiger partial charge in [0, 0.05) is 27.2 Å². The Balaban J connectivity index is 1.09. The molecular weight excluding hydrogens is 737 g/mol. The van der Waals surface area contributed by atoms with Crippen molar-refractivity contribution in [3.05, 3.63) is 218 Å². The number of fused-ring (bicyclic) bond motifs is 17. The van der Waals surface area contributed by atoms with E-state index in [0.29, 0.717) is 5.69 Å². The van der Waals surface area contributed by atoms with Gasteiger partial charge in [-0.2, -0.15) is 0 Å². The Morgan fingerprint density at radius 3 is 1.54 bits per heavy atom. The van der Waals surface area contributed by atoms with Crippen LogP contribution >= 0.6 is 0 Å². The van der Waals surface area contributed by atoms with E-state index in [1.54, 1.807) is 0 Å². The first-order valence-corrected chi connectivity index (χ1v) is 20.9. The monoisotopic (exact) mass is 770 g/mol. The fourth-order valence-corrected chi connectivity index (χ4v) is 10.3. The van der Waals surface area contributed by atoms with E-state index in [-0.39, 0.29) is 0 Å². The summed E-state index contributed by atoms with van der Waals surface area (Å²) in [6.07, 6.45) is 0. The largest absolute Gasteiger partial charge is 0.309 e. The fraction of sp³-hybridized carbons (Fsp3) is 0. The van der Waals surface area contributed by atoms with E-state index in [1.165, 1.54) is 108 Å². The van der Waals surface area contributed by atoms with Crippen LogP contribution < -0.4 is 0 Å². The van der Waals surface area contributed by atoms with E-state index in [0.717, 1.165) is 16.8 Å². The molecule has 1 heterocycles. The predicted molar refractivity (Wildman–Crippen MR) is 260 cm³/mol. The van der Waals surface area contributed by atoms with Crippen molar-refractivity contribution in [2.24, 2.45) is 0 Å². The second-order valence-corrected chi connectivity index (χ2v) is 16.3. The molecule has 0 bridgehead atoms. The molecule has 0 spiro atoms. The fourth-order valence-electron chi connectivity index (χ4n) is 10.3. The quantitative estimate of drug-likeness (QED) is 0.125. The summed E-state index contributed by atoms with van der Waals surface area (Å²) in [4.78, 5) is 3.55. The Bertz CT molecular complexity index is 4040. The van der Waals surface area contributed by atoms with E-state index < -0.39 is 0 Å². The zero-order chi connectivity index (χ0) is 40.2. The van der Waals surface area contributed by atoms with Gasteiger partial charge in [-0.15, -0.1) is 0 Å². The van der Waals surface area contributed by atoms with Crippen LogP contribution in [0.4, 0.5) is 5.69 Å². The highest BCUT2D eigenvalue weighted by Crippen LogP contribution is 2.47. The molecule has 0 amide bonds. The Labute approximate surface area is 351 Å². The number of benzene rings is 12. The maximum absolute atomic E-state index is 7.31. The van der Waals surface area contributed by atoms with Crippen molar-refractivity contribution in [2.75, 3.05) is 0 Å². The number of hydrogen-bond acceptors (Lipinski definition) is 0. The molecule has 13 rings (SSSR count). The first-order chi connectivity index (χ1) is 30.2.